The van der Waals surface area contributed by atoms with Gasteiger partial charge in [-0.1, -0.05) is 13.5 Å². The summed E-state index contributed by atoms with van der Waals surface area (Å²) in [5, 5.41) is 6.95. The normalized spacial score (nSPS) is 17.4. The fraction of sp³-hybridized carbons (Fsp3) is 0.407. The molecule has 2 aromatic rings. The molecular weight excluding hydrogens is 422 g/mol. The fourth-order valence-corrected chi connectivity index (χ4v) is 4.49. The molecule has 0 unspecified atom stereocenters. The average Bonchev–Trinajstić information content (AvgIpc) is 3.57. The molecule has 2 aliphatic heterocycles. The minimum atomic E-state index is 0.642. The number of pyridine rings is 2. The lowest BCUT2D eigenvalue weighted by atomic mass is 10.0. The Morgan fingerprint density at radius 1 is 1.21 bits per heavy atom. The van der Waals surface area contributed by atoms with Crippen molar-refractivity contribution in [3.05, 3.63) is 65.9 Å². The van der Waals surface area contributed by atoms with Crippen molar-refractivity contribution in [2.45, 2.75) is 46.0 Å². The van der Waals surface area contributed by atoms with Gasteiger partial charge in [0.05, 0.1) is 11.9 Å². The molecule has 34 heavy (non-hydrogen) atoms. The molecule has 2 aromatic heterocycles. The molecule has 0 aromatic carbocycles. The van der Waals surface area contributed by atoms with Gasteiger partial charge in [0.2, 0.25) is 0 Å². The van der Waals surface area contributed by atoms with Crippen molar-refractivity contribution in [3.63, 3.8) is 0 Å². The van der Waals surface area contributed by atoms with Crippen molar-refractivity contribution in [2.75, 3.05) is 35.2 Å². The largest absolute Gasteiger partial charge is 0.370 e. The van der Waals surface area contributed by atoms with Gasteiger partial charge in [-0.05, 0) is 68.9 Å². The van der Waals surface area contributed by atoms with Crippen LogP contribution in [0, 0.1) is 12.8 Å². The Morgan fingerprint density at radius 2 is 2.03 bits per heavy atom. The summed E-state index contributed by atoms with van der Waals surface area (Å²) in [4.78, 5) is 12.0. The first kappa shape index (κ1) is 22.3. The van der Waals surface area contributed by atoms with E-state index in [-0.39, 0.29) is 0 Å². The van der Waals surface area contributed by atoms with Crippen LogP contribution < -0.4 is 26.4 Å². The highest BCUT2D eigenvalue weighted by Crippen LogP contribution is 2.37. The third-order valence-electron chi connectivity index (χ3n) is 6.61. The van der Waals surface area contributed by atoms with Crippen molar-refractivity contribution in [1.29, 1.82) is 0 Å². The smallest absolute Gasteiger partial charge is 0.131 e. The maximum absolute atomic E-state index is 4.90. The number of hydrazine groups is 1. The summed E-state index contributed by atoms with van der Waals surface area (Å²) in [6, 6.07) is 6.51. The number of hydrogen-bond donors (Lipinski definition) is 4. The second-order valence-corrected chi connectivity index (χ2v) is 9.42. The first-order chi connectivity index (χ1) is 16.6. The number of allylic oxidation sites excluding steroid dienone is 2. The summed E-state index contributed by atoms with van der Waals surface area (Å²) in [5.41, 5.74) is 13.7. The molecule has 0 radical (unpaired) electrons. The molecule has 7 heteroatoms. The molecule has 1 saturated carbocycles. The Bertz CT molecular complexity index is 1120. The van der Waals surface area contributed by atoms with Crippen LogP contribution in [0.5, 0.6) is 0 Å². The Kier molecular flexibility index (Phi) is 6.43. The summed E-state index contributed by atoms with van der Waals surface area (Å²) in [6.07, 6.45) is 12.0. The van der Waals surface area contributed by atoms with Gasteiger partial charge >= 0.3 is 0 Å². The van der Waals surface area contributed by atoms with Gasteiger partial charge in [-0.15, -0.1) is 0 Å². The standard InChI is InChI=1S/C27H35N7/c1-4-9-28-26-13-21(14-27(32-26)34-10-5-6-11-34)24-15-23(17-29-19(24)3)31-18(2)22-12-25(20-7-8-20)33-30-16-22/h12-17,20,30-31,33H,2,4-11H2,1,3H3,(H,28,32). The van der Waals surface area contributed by atoms with E-state index < -0.39 is 0 Å². The molecule has 1 aliphatic carbocycles. The van der Waals surface area contributed by atoms with Crippen LogP contribution in [0.2, 0.25) is 0 Å². The van der Waals surface area contributed by atoms with E-state index in [1.807, 2.05) is 12.4 Å². The average molecular weight is 458 g/mol. The predicted octanol–water partition coefficient (Wildman–Crippen LogP) is 5.09. The van der Waals surface area contributed by atoms with E-state index in [0.29, 0.717) is 5.92 Å². The van der Waals surface area contributed by atoms with Crippen LogP contribution in [0.15, 0.2) is 60.2 Å². The third-order valence-corrected chi connectivity index (χ3v) is 6.61. The second kappa shape index (κ2) is 9.79. The molecule has 4 heterocycles. The molecule has 5 rings (SSSR count). The summed E-state index contributed by atoms with van der Waals surface area (Å²) < 4.78 is 0. The molecule has 178 valence electrons. The number of nitrogens with zero attached hydrogens (tertiary/aromatic N) is 3. The summed E-state index contributed by atoms with van der Waals surface area (Å²) in [5.74, 6) is 2.61. The maximum atomic E-state index is 4.90. The van der Waals surface area contributed by atoms with Crippen LogP contribution in [0.25, 0.3) is 11.1 Å². The quantitative estimate of drug-likeness (QED) is 0.418. The Labute approximate surface area is 202 Å². The summed E-state index contributed by atoms with van der Waals surface area (Å²) in [6.45, 7) is 11.6. The minimum absolute atomic E-state index is 0.642. The number of hydrogen-bond acceptors (Lipinski definition) is 7. The highest BCUT2D eigenvalue weighted by atomic mass is 15.4. The molecule has 0 bridgehead atoms. The highest BCUT2D eigenvalue weighted by molar-refractivity contribution is 5.75. The minimum Gasteiger partial charge on any atom is -0.370 e. The van der Waals surface area contributed by atoms with Crippen LogP contribution in [0.1, 0.15) is 44.7 Å². The van der Waals surface area contributed by atoms with E-state index in [0.717, 1.165) is 71.5 Å². The molecule has 7 nitrogen and oxygen atoms in total. The third kappa shape index (κ3) is 5.03. The van der Waals surface area contributed by atoms with E-state index >= 15 is 0 Å². The lowest BCUT2D eigenvalue weighted by molar-refractivity contribution is 0.664. The summed E-state index contributed by atoms with van der Waals surface area (Å²) >= 11 is 0. The summed E-state index contributed by atoms with van der Waals surface area (Å²) in [7, 11) is 0. The zero-order valence-electron chi connectivity index (χ0n) is 20.2. The van der Waals surface area contributed by atoms with Gasteiger partial charge in [-0.2, -0.15) is 0 Å². The van der Waals surface area contributed by atoms with Crippen molar-refractivity contribution >= 4 is 17.3 Å². The topological polar surface area (TPSA) is 77.1 Å². The lowest BCUT2D eigenvalue weighted by Gasteiger charge is -2.21. The molecule has 0 atom stereocenters. The first-order valence-corrected chi connectivity index (χ1v) is 12.5. The number of aryl methyl sites for hydroxylation is 1. The second-order valence-electron chi connectivity index (χ2n) is 9.42. The molecule has 1 saturated heterocycles. The number of rotatable bonds is 9. The van der Waals surface area contributed by atoms with Crippen LogP contribution in [0.4, 0.5) is 17.3 Å². The van der Waals surface area contributed by atoms with Gasteiger partial charge in [0, 0.05) is 60.0 Å². The molecule has 0 amide bonds. The van der Waals surface area contributed by atoms with E-state index in [1.54, 1.807) is 0 Å². The van der Waals surface area contributed by atoms with Gasteiger partial charge in [0.1, 0.15) is 11.6 Å². The SMILES string of the molecule is C=C(Nc1cnc(C)c(-c2cc(NCCC)nc(N3CCCC3)c2)c1)C1=CNNC(C2CC2)=C1. The van der Waals surface area contributed by atoms with E-state index in [1.165, 1.54) is 31.4 Å². The molecular formula is C27H35N7. The number of nitrogens with one attached hydrogen (secondary N) is 4. The zero-order chi connectivity index (χ0) is 23.5. The van der Waals surface area contributed by atoms with Gasteiger partial charge in [-0.3, -0.25) is 4.98 Å². The van der Waals surface area contributed by atoms with Crippen molar-refractivity contribution in [2.24, 2.45) is 5.92 Å². The Hall–Kier alpha value is -3.48. The molecule has 2 fully saturated rings. The monoisotopic (exact) mass is 457 g/mol. The van der Waals surface area contributed by atoms with Crippen LogP contribution in [-0.4, -0.2) is 29.6 Å². The van der Waals surface area contributed by atoms with Gasteiger partial charge in [0.15, 0.2) is 0 Å². The van der Waals surface area contributed by atoms with Crippen LogP contribution in [0.3, 0.4) is 0 Å². The molecule has 3 aliphatic rings. The fourth-order valence-electron chi connectivity index (χ4n) is 4.49. The van der Waals surface area contributed by atoms with Gasteiger partial charge in [0.25, 0.3) is 0 Å². The lowest BCUT2D eigenvalue weighted by Crippen LogP contribution is -2.30. The maximum Gasteiger partial charge on any atom is 0.131 e. The van der Waals surface area contributed by atoms with Crippen molar-refractivity contribution in [3.8, 4) is 11.1 Å². The number of aromatic nitrogens is 2. The zero-order valence-corrected chi connectivity index (χ0v) is 20.2. The van der Waals surface area contributed by atoms with Crippen LogP contribution >= 0.6 is 0 Å². The number of anilines is 3. The highest BCUT2D eigenvalue weighted by Gasteiger charge is 2.27. The van der Waals surface area contributed by atoms with E-state index in [9.17, 15) is 0 Å². The predicted molar refractivity (Wildman–Crippen MR) is 140 cm³/mol. The van der Waals surface area contributed by atoms with Crippen LogP contribution in [-0.2, 0) is 0 Å². The first-order valence-electron chi connectivity index (χ1n) is 12.5. The Morgan fingerprint density at radius 3 is 2.79 bits per heavy atom. The Balaban J connectivity index is 1.41. The van der Waals surface area contributed by atoms with Gasteiger partial charge < -0.3 is 26.4 Å². The molecule has 4 N–H and O–H groups in total. The van der Waals surface area contributed by atoms with Crippen molar-refractivity contribution in [1.82, 2.24) is 20.8 Å². The molecule has 0 spiro atoms. The van der Waals surface area contributed by atoms with E-state index in [4.69, 9.17) is 9.97 Å². The van der Waals surface area contributed by atoms with Gasteiger partial charge in [-0.25, -0.2) is 4.98 Å². The van der Waals surface area contributed by atoms with E-state index in [2.05, 4.69) is 71.1 Å². The van der Waals surface area contributed by atoms with Crippen molar-refractivity contribution < 1.29 is 0 Å².